The molecule has 3 rings (SSSR count). The third-order valence-electron chi connectivity index (χ3n) is 3.61. The number of thiocarbonyl (C=S) groups is 1. The Morgan fingerprint density at radius 3 is 2.73 bits per heavy atom. The van der Waals surface area contributed by atoms with Crippen LogP contribution >= 0.6 is 12.2 Å². The predicted octanol–water partition coefficient (Wildman–Crippen LogP) is 3.51. The number of methoxy groups -OCH3 is 1. The molecule has 1 atom stereocenters. The Morgan fingerprint density at radius 1 is 1.18 bits per heavy atom. The van der Waals surface area contributed by atoms with Crippen molar-refractivity contribution >= 4 is 23.0 Å². The highest BCUT2D eigenvalue weighted by Gasteiger charge is 2.21. The molecule has 1 aliphatic heterocycles. The van der Waals surface area contributed by atoms with E-state index in [2.05, 4.69) is 16.7 Å². The second-order valence-corrected chi connectivity index (χ2v) is 5.46. The van der Waals surface area contributed by atoms with E-state index in [4.69, 9.17) is 21.7 Å². The summed E-state index contributed by atoms with van der Waals surface area (Å²) in [7, 11) is 1.65. The molecule has 2 N–H and O–H groups in total. The van der Waals surface area contributed by atoms with E-state index in [9.17, 15) is 0 Å². The van der Waals surface area contributed by atoms with Gasteiger partial charge >= 0.3 is 0 Å². The van der Waals surface area contributed by atoms with E-state index < -0.39 is 0 Å². The minimum Gasteiger partial charge on any atom is -0.497 e. The van der Waals surface area contributed by atoms with Gasteiger partial charge in [0, 0.05) is 17.7 Å². The summed E-state index contributed by atoms with van der Waals surface area (Å²) in [4.78, 5) is 0. The summed E-state index contributed by atoms with van der Waals surface area (Å²) in [6.07, 6.45) is 0.890. The van der Waals surface area contributed by atoms with Gasteiger partial charge in [0.1, 0.15) is 11.5 Å². The number of para-hydroxylation sites is 1. The van der Waals surface area contributed by atoms with E-state index >= 15 is 0 Å². The van der Waals surface area contributed by atoms with Gasteiger partial charge in [-0.1, -0.05) is 18.2 Å². The Labute approximate surface area is 135 Å². The van der Waals surface area contributed by atoms with Crippen LogP contribution in [0, 0.1) is 0 Å². The van der Waals surface area contributed by atoms with Crippen molar-refractivity contribution < 1.29 is 9.47 Å². The first-order valence-electron chi connectivity index (χ1n) is 7.19. The molecule has 0 unspecified atom stereocenters. The quantitative estimate of drug-likeness (QED) is 0.849. The molecular weight excluding hydrogens is 296 g/mol. The Balaban J connectivity index is 1.65. The average molecular weight is 314 g/mol. The number of hydrogen-bond donors (Lipinski definition) is 2. The van der Waals surface area contributed by atoms with Crippen molar-refractivity contribution in [2.24, 2.45) is 0 Å². The molecule has 0 saturated carbocycles. The zero-order valence-electron chi connectivity index (χ0n) is 12.3. The van der Waals surface area contributed by atoms with Crippen molar-refractivity contribution in [3.63, 3.8) is 0 Å². The fourth-order valence-corrected chi connectivity index (χ4v) is 2.75. The second kappa shape index (κ2) is 6.66. The summed E-state index contributed by atoms with van der Waals surface area (Å²) in [6.45, 7) is 0.694. The van der Waals surface area contributed by atoms with Crippen LogP contribution in [0.3, 0.4) is 0 Å². The van der Waals surface area contributed by atoms with Crippen LogP contribution in [0.15, 0.2) is 48.5 Å². The van der Waals surface area contributed by atoms with Gasteiger partial charge in [-0.3, -0.25) is 0 Å². The summed E-state index contributed by atoms with van der Waals surface area (Å²) in [5.74, 6) is 1.75. The van der Waals surface area contributed by atoms with Crippen LogP contribution in [-0.2, 0) is 0 Å². The van der Waals surface area contributed by atoms with E-state index in [0.29, 0.717) is 11.7 Å². The van der Waals surface area contributed by atoms with Crippen molar-refractivity contribution in [1.82, 2.24) is 5.32 Å². The van der Waals surface area contributed by atoms with Gasteiger partial charge < -0.3 is 20.1 Å². The molecule has 0 amide bonds. The first kappa shape index (κ1) is 14.7. The summed E-state index contributed by atoms with van der Waals surface area (Å²) >= 11 is 5.41. The van der Waals surface area contributed by atoms with Gasteiger partial charge in [-0.15, -0.1) is 0 Å². The second-order valence-electron chi connectivity index (χ2n) is 5.05. The molecule has 114 valence electrons. The average Bonchev–Trinajstić information content (AvgIpc) is 2.56. The monoisotopic (exact) mass is 314 g/mol. The third-order valence-corrected chi connectivity index (χ3v) is 3.83. The van der Waals surface area contributed by atoms with Crippen LogP contribution < -0.4 is 20.1 Å². The lowest BCUT2D eigenvalue weighted by Gasteiger charge is -2.27. The van der Waals surface area contributed by atoms with Gasteiger partial charge in [-0.05, 0) is 42.5 Å². The molecule has 2 aromatic carbocycles. The molecule has 0 aromatic heterocycles. The van der Waals surface area contributed by atoms with E-state index in [1.807, 2.05) is 42.5 Å². The largest absolute Gasteiger partial charge is 0.497 e. The molecule has 5 heteroatoms. The van der Waals surface area contributed by atoms with Crippen molar-refractivity contribution in [2.45, 2.75) is 12.5 Å². The molecular formula is C17H18N2O2S. The Morgan fingerprint density at radius 2 is 1.95 bits per heavy atom. The minimum absolute atomic E-state index is 0.170. The van der Waals surface area contributed by atoms with E-state index in [1.165, 1.54) is 0 Å². The summed E-state index contributed by atoms with van der Waals surface area (Å²) in [5, 5.41) is 7.16. The SMILES string of the molecule is COc1ccc(NC(=S)N[C@H]2CCOc3ccccc32)cc1. The maximum Gasteiger partial charge on any atom is 0.171 e. The smallest absolute Gasteiger partial charge is 0.171 e. The first-order valence-corrected chi connectivity index (χ1v) is 7.60. The number of fused-ring (bicyclic) bond motifs is 1. The van der Waals surface area contributed by atoms with Gasteiger partial charge in [0.2, 0.25) is 0 Å². The lowest BCUT2D eigenvalue weighted by Crippen LogP contribution is -2.35. The molecule has 0 bridgehead atoms. The summed E-state index contributed by atoms with van der Waals surface area (Å²) in [5.41, 5.74) is 2.08. The standard InChI is InChI=1S/C17H18N2O2S/c1-20-13-8-6-12(7-9-13)18-17(22)19-15-10-11-21-16-5-3-2-4-14(15)16/h2-9,15H,10-11H2,1H3,(H2,18,19,22)/t15-/m0/s1. The minimum atomic E-state index is 0.170. The van der Waals surface area contributed by atoms with Gasteiger partial charge in [0.15, 0.2) is 5.11 Å². The number of nitrogens with one attached hydrogen (secondary N) is 2. The van der Waals surface area contributed by atoms with Crippen molar-refractivity contribution in [3.8, 4) is 11.5 Å². The highest BCUT2D eigenvalue weighted by Crippen LogP contribution is 2.31. The Hall–Kier alpha value is -2.27. The molecule has 0 fully saturated rings. The number of hydrogen-bond acceptors (Lipinski definition) is 3. The molecule has 2 aromatic rings. The molecule has 0 spiro atoms. The normalized spacial score (nSPS) is 16.1. The summed E-state index contributed by atoms with van der Waals surface area (Å²) in [6, 6.07) is 15.9. The van der Waals surface area contributed by atoms with Crippen LogP contribution in [0.5, 0.6) is 11.5 Å². The van der Waals surface area contributed by atoms with Crippen LogP contribution in [0.4, 0.5) is 5.69 Å². The maximum atomic E-state index is 5.66. The molecule has 1 heterocycles. The molecule has 0 aliphatic carbocycles. The molecule has 22 heavy (non-hydrogen) atoms. The van der Waals surface area contributed by atoms with Crippen LogP contribution in [0.2, 0.25) is 0 Å². The zero-order valence-corrected chi connectivity index (χ0v) is 13.2. The van der Waals surface area contributed by atoms with Crippen molar-refractivity contribution in [2.75, 3.05) is 19.0 Å². The highest BCUT2D eigenvalue weighted by molar-refractivity contribution is 7.80. The van der Waals surface area contributed by atoms with Crippen LogP contribution in [0.1, 0.15) is 18.0 Å². The fourth-order valence-electron chi connectivity index (χ4n) is 2.49. The lowest BCUT2D eigenvalue weighted by molar-refractivity contribution is 0.262. The third kappa shape index (κ3) is 3.31. The molecule has 0 radical (unpaired) electrons. The molecule has 1 aliphatic rings. The van der Waals surface area contributed by atoms with Crippen molar-refractivity contribution in [3.05, 3.63) is 54.1 Å². The van der Waals surface area contributed by atoms with E-state index in [1.54, 1.807) is 7.11 Å². The summed E-state index contributed by atoms with van der Waals surface area (Å²) < 4.78 is 10.8. The van der Waals surface area contributed by atoms with E-state index in [-0.39, 0.29) is 6.04 Å². The fraction of sp³-hybridized carbons (Fsp3) is 0.235. The van der Waals surface area contributed by atoms with Crippen LogP contribution in [-0.4, -0.2) is 18.8 Å². The highest BCUT2D eigenvalue weighted by atomic mass is 32.1. The maximum absolute atomic E-state index is 5.66. The Kier molecular flexibility index (Phi) is 4.44. The topological polar surface area (TPSA) is 42.5 Å². The van der Waals surface area contributed by atoms with Gasteiger partial charge in [0.25, 0.3) is 0 Å². The van der Waals surface area contributed by atoms with Gasteiger partial charge in [-0.2, -0.15) is 0 Å². The first-order chi connectivity index (χ1) is 10.8. The zero-order chi connectivity index (χ0) is 15.4. The predicted molar refractivity (Wildman–Crippen MR) is 91.6 cm³/mol. The number of anilines is 1. The van der Waals surface area contributed by atoms with E-state index in [0.717, 1.165) is 29.2 Å². The Bertz CT molecular complexity index is 658. The number of benzene rings is 2. The molecule has 0 saturated heterocycles. The number of ether oxygens (including phenoxy) is 2. The van der Waals surface area contributed by atoms with Gasteiger partial charge in [-0.25, -0.2) is 0 Å². The van der Waals surface area contributed by atoms with Gasteiger partial charge in [0.05, 0.1) is 19.8 Å². The van der Waals surface area contributed by atoms with Crippen molar-refractivity contribution in [1.29, 1.82) is 0 Å². The van der Waals surface area contributed by atoms with Crippen LogP contribution in [0.25, 0.3) is 0 Å². The lowest BCUT2D eigenvalue weighted by atomic mass is 10.0. The number of rotatable bonds is 3. The molecule has 4 nitrogen and oxygen atoms in total.